The molecule has 2 fully saturated rings. The van der Waals surface area contributed by atoms with Crippen molar-refractivity contribution in [3.05, 3.63) is 29.6 Å². The molecule has 4 atom stereocenters. The van der Waals surface area contributed by atoms with Crippen molar-refractivity contribution >= 4 is 5.91 Å². The number of hydrogen-bond acceptors (Lipinski definition) is 3. The molecule has 2 bridgehead atoms. The number of carbonyl (C=O) groups is 1. The van der Waals surface area contributed by atoms with Gasteiger partial charge in [0.15, 0.2) is 0 Å². The van der Waals surface area contributed by atoms with Crippen LogP contribution in [0.3, 0.4) is 0 Å². The van der Waals surface area contributed by atoms with Gasteiger partial charge >= 0.3 is 0 Å². The minimum Gasteiger partial charge on any atom is -0.337 e. The van der Waals surface area contributed by atoms with Gasteiger partial charge in [0.1, 0.15) is 0 Å². The number of aromatic nitrogens is 1. The Bertz CT molecular complexity index is 529. The second-order valence-electron chi connectivity index (χ2n) is 6.56. The molecule has 4 nitrogen and oxygen atoms in total. The van der Waals surface area contributed by atoms with Gasteiger partial charge in [-0.05, 0) is 57.1 Å². The van der Waals surface area contributed by atoms with Crippen molar-refractivity contribution in [2.75, 3.05) is 6.54 Å². The molecule has 2 aliphatic rings. The largest absolute Gasteiger partial charge is 0.337 e. The molecule has 4 unspecified atom stereocenters. The Balaban J connectivity index is 1.72. The number of rotatable bonds is 4. The Morgan fingerprint density at radius 2 is 2.14 bits per heavy atom. The first-order valence-electron chi connectivity index (χ1n) is 8.07. The van der Waals surface area contributed by atoms with Gasteiger partial charge in [-0.3, -0.25) is 9.78 Å². The molecule has 1 aromatic rings. The van der Waals surface area contributed by atoms with Crippen molar-refractivity contribution in [2.45, 2.75) is 45.7 Å². The summed E-state index contributed by atoms with van der Waals surface area (Å²) in [5.74, 6) is 1.35. The van der Waals surface area contributed by atoms with Gasteiger partial charge in [-0.1, -0.05) is 6.07 Å². The maximum atomic E-state index is 12.9. The number of amides is 1. The van der Waals surface area contributed by atoms with Gasteiger partial charge in [-0.15, -0.1) is 0 Å². The van der Waals surface area contributed by atoms with Crippen molar-refractivity contribution in [3.63, 3.8) is 0 Å². The number of hydrogen-bond donors (Lipinski definition) is 1. The number of pyridine rings is 1. The van der Waals surface area contributed by atoms with Crippen LogP contribution in [-0.2, 0) is 11.3 Å². The van der Waals surface area contributed by atoms with Gasteiger partial charge in [0.25, 0.3) is 0 Å². The Morgan fingerprint density at radius 1 is 1.38 bits per heavy atom. The van der Waals surface area contributed by atoms with E-state index in [-0.39, 0.29) is 17.9 Å². The van der Waals surface area contributed by atoms with Crippen molar-refractivity contribution in [2.24, 2.45) is 23.5 Å². The summed E-state index contributed by atoms with van der Waals surface area (Å²) in [4.78, 5) is 19.3. The van der Waals surface area contributed by atoms with E-state index in [1.807, 2.05) is 36.9 Å². The molecule has 0 aromatic carbocycles. The molecule has 0 saturated heterocycles. The van der Waals surface area contributed by atoms with Gasteiger partial charge in [-0.2, -0.15) is 0 Å². The van der Waals surface area contributed by atoms with Crippen LogP contribution in [0.4, 0.5) is 0 Å². The second-order valence-corrected chi connectivity index (χ2v) is 6.56. The molecule has 3 rings (SSSR count). The van der Waals surface area contributed by atoms with E-state index < -0.39 is 0 Å². The lowest BCUT2D eigenvalue weighted by molar-refractivity contribution is -0.138. The predicted molar refractivity (Wildman–Crippen MR) is 82.4 cm³/mol. The zero-order valence-electron chi connectivity index (χ0n) is 13.0. The molecule has 1 amide bonds. The van der Waals surface area contributed by atoms with Crippen LogP contribution in [0, 0.1) is 24.7 Å². The average molecular weight is 287 g/mol. The Kier molecular flexibility index (Phi) is 3.98. The first kappa shape index (κ1) is 14.5. The average Bonchev–Trinajstić information content (AvgIpc) is 3.05. The molecule has 114 valence electrons. The van der Waals surface area contributed by atoms with Gasteiger partial charge in [0.05, 0.1) is 18.2 Å². The molecular weight excluding hydrogens is 262 g/mol. The van der Waals surface area contributed by atoms with Crippen LogP contribution < -0.4 is 5.73 Å². The third kappa shape index (κ3) is 2.69. The van der Waals surface area contributed by atoms with Crippen molar-refractivity contribution in [3.8, 4) is 0 Å². The van der Waals surface area contributed by atoms with Crippen LogP contribution in [0.1, 0.15) is 37.6 Å². The number of aryl methyl sites for hydroxylation is 1. The summed E-state index contributed by atoms with van der Waals surface area (Å²) in [6.45, 7) is 5.33. The van der Waals surface area contributed by atoms with Crippen molar-refractivity contribution in [1.82, 2.24) is 9.88 Å². The minimum atomic E-state index is 0.0357. The van der Waals surface area contributed by atoms with E-state index in [9.17, 15) is 4.79 Å². The molecule has 21 heavy (non-hydrogen) atoms. The summed E-state index contributed by atoms with van der Waals surface area (Å²) in [6, 6.07) is 6.03. The summed E-state index contributed by atoms with van der Waals surface area (Å²) < 4.78 is 0. The van der Waals surface area contributed by atoms with E-state index in [1.165, 1.54) is 12.8 Å². The summed E-state index contributed by atoms with van der Waals surface area (Å²) >= 11 is 0. The highest BCUT2D eigenvalue weighted by Crippen LogP contribution is 2.48. The molecule has 2 saturated carbocycles. The second kappa shape index (κ2) is 5.76. The van der Waals surface area contributed by atoms with E-state index >= 15 is 0 Å². The Morgan fingerprint density at radius 3 is 2.76 bits per heavy atom. The van der Waals surface area contributed by atoms with Gasteiger partial charge < -0.3 is 10.6 Å². The molecule has 0 spiro atoms. The fraction of sp³-hybridized carbons (Fsp3) is 0.647. The van der Waals surface area contributed by atoms with Crippen LogP contribution in [0.15, 0.2) is 18.2 Å². The normalized spacial score (nSPS) is 30.6. The van der Waals surface area contributed by atoms with Gasteiger partial charge in [0.2, 0.25) is 5.91 Å². The lowest BCUT2D eigenvalue weighted by Gasteiger charge is -2.32. The predicted octanol–water partition coefficient (Wildman–Crippen LogP) is 2.11. The standard InChI is InChI=1S/C17H25N3O/c1-3-20(10-14-6-4-5-11(2)19-14)17(21)15-12-7-8-13(9-12)16(15)18/h4-6,12-13,15-16H,3,7-10,18H2,1-2H3. The van der Waals surface area contributed by atoms with Crippen LogP contribution in [-0.4, -0.2) is 28.4 Å². The Hall–Kier alpha value is -1.42. The van der Waals surface area contributed by atoms with Crippen molar-refractivity contribution in [1.29, 1.82) is 0 Å². The highest BCUT2D eigenvalue weighted by Gasteiger charge is 2.49. The lowest BCUT2D eigenvalue weighted by atomic mass is 9.84. The van der Waals surface area contributed by atoms with E-state index in [2.05, 4.69) is 4.98 Å². The lowest BCUT2D eigenvalue weighted by Crippen LogP contribution is -2.46. The fourth-order valence-electron chi connectivity index (χ4n) is 4.14. The zero-order chi connectivity index (χ0) is 15.0. The number of nitrogens with two attached hydrogens (primary N) is 1. The summed E-state index contributed by atoms with van der Waals surface area (Å²) in [7, 11) is 0. The molecule has 4 heteroatoms. The van der Waals surface area contributed by atoms with Gasteiger partial charge in [0, 0.05) is 18.3 Å². The topological polar surface area (TPSA) is 59.2 Å². The summed E-state index contributed by atoms with van der Waals surface area (Å²) in [5, 5.41) is 0. The van der Waals surface area contributed by atoms with Crippen LogP contribution in [0.25, 0.3) is 0 Å². The van der Waals surface area contributed by atoms with E-state index in [1.54, 1.807) is 0 Å². The maximum absolute atomic E-state index is 12.9. The maximum Gasteiger partial charge on any atom is 0.227 e. The quantitative estimate of drug-likeness (QED) is 0.922. The Labute approximate surface area is 126 Å². The number of carbonyl (C=O) groups excluding carboxylic acids is 1. The van der Waals surface area contributed by atoms with Crippen LogP contribution in [0.5, 0.6) is 0 Å². The van der Waals surface area contributed by atoms with E-state index in [4.69, 9.17) is 5.73 Å². The molecule has 0 radical (unpaired) electrons. The summed E-state index contributed by atoms with van der Waals surface area (Å²) in [5.41, 5.74) is 8.27. The SMILES string of the molecule is CCN(Cc1cccc(C)n1)C(=O)C1C2CCC(C2)C1N. The van der Waals surface area contributed by atoms with Gasteiger partial charge in [-0.25, -0.2) is 0 Å². The molecule has 1 aromatic heterocycles. The van der Waals surface area contributed by atoms with Crippen LogP contribution >= 0.6 is 0 Å². The zero-order valence-corrected chi connectivity index (χ0v) is 13.0. The van der Waals surface area contributed by atoms with Crippen LogP contribution in [0.2, 0.25) is 0 Å². The monoisotopic (exact) mass is 287 g/mol. The van der Waals surface area contributed by atoms with E-state index in [0.717, 1.165) is 24.4 Å². The third-order valence-electron chi connectivity index (χ3n) is 5.26. The molecule has 1 heterocycles. The first-order chi connectivity index (χ1) is 10.1. The minimum absolute atomic E-state index is 0.0357. The third-order valence-corrected chi connectivity index (χ3v) is 5.26. The van der Waals surface area contributed by atoms with E-state index in [0.29, 0.717) is 18.4 Å². The molecule has 0 aliphatic heterocycles. The molecular formula is C17H25N3O. The first-order valence-corrected chi connectivity index (χ1v) is 8.07. The van der Waals surface area contributed by atoms with Crippen molar-refractivity contribution < 1.29 is 4.79 Å². The molecule has 2 aliphatic carbocycles. The summed E-state index contributed by atoms with van der Waals surface area (Å²) in [6.07, 6.45) is 3.54. The number of fused-ring (bicyclic) bond motifs is 2. The number of nitrogens with zero attached hydrogens (tertiary/aromatic N) is 2. The molecule has 2 N–H and O–H groups in total. The fourth-order valence-corrected chi connectivity index (χ4v) is 4.14. The smallest absolute Gasteiger partial charge is 0.227 e. The highest BCUT2D eigenvalue weighted by molar-refractivity contribution is 5.80. The highest BCUT2D eigenvalue weighted by atomic mass is 16.2.